The van der Waals surface area contributed by atoms with Crippen LogP contribution in [0.15, 0.2) is 22.7 Å². The van der Waals surface area contributed by atoms with Crippen molar-refractivity contribution in [2.75, 3.05) is 19.0 Å². The molecule has 1 saturated heterocycles. The van der Waals surface area contributed by atoms with Crippen LogP contribution in [0.4, 0.5) is 5.69 Å². The van der Waals surface area contributed by atoms with E-state index in [1.54, 1.807) is 7.11 Å². The molecule has 1 aliphatic heterocycles. The van der Waals surface area contributed by atoms with E-state index >= 15 is 0 Å². The van der Waals surface area contributed by atoms with E-state index in [2.05, 4.69) is 40.4 Å². The van der Waals surface area contributed by atoms with Gasteiger partial charge in [0.2, 0.25) is 5.91 Å². The molecular weight excluding hydrogens is 320 g/mol. The Balaban J connectivity index is 2.17. The normalized spacial score (nSPS) is 21.3. The number of methoxy groups -OCH3 is 1. The molecule has 1 heterocycles. The van der Waals surface area contributed by atoms with Gasteiger partial charge >= 0.3 is 0 Å². The van der Waals surface area contributed by atoms with Crippen LogP contribution in [-0.2, 0) is 4.79 Å². The molecule has 2 N–H and O–H groups in total. The summed E-state index contributed by atoms with van der Waals surface area (Å²) in [6.07, 6.45) is 2.16. The Morgan fingerprint density at radius 1 is 1.50 bits per heavy atom. The minimum absolute atomic E-state index is 0.00824. The van der Waals surface area contributed by atoms with E-state index in [4.69, 9.17) is 4.74 Å². The van der Waals surface area contributed by atoms with Gasteiger partial charge in [0.15, 0.2) is 0 Å². The molecule has 0 saturated carbocycles. The van der Waals surface area contributed by atoms with Gasteiger partial charge in [0, 0.05) is 4.47 Å². The molecule has 1 amide bonds. The van der Waals surface area contributed by atoms with Crippen molar-refractivity contribution in [2.45, 2.75) is 32.7 Å². The third kappa shape index (κ3) is 3.33. The number of nitrogens with one attached hydrogen (secondary N) is 2. The van der Waals surface area contributed by atoms with Gasteiger partial charge in [-0.05, 0) is 43.0 Å². The fourth-order valence-electron chi connectivity index (χ4n) is 2.64. The highest BCUT2D eigenvalue weighted by atomic mass is 79.9. The zero-order valence-electron chi connectivity index (χ0n) is 12.1. The number of carbonyl (C=O) groups is 1. The van der Waals surface area contributed by atoms with Crippen LogP contribution in [0, 0.1) is 5.41 Å². The Morgan fingerprint density at radius 3 is 2.90 bits per heavy atom. The zero-order chi connectivity index (χ0) is 14.8. The molecule has 0 aliphatic carbocycles. The van der Waals surface area contributed by atoms with E-state index in [-0.39, 0.29) is 17.4 Å². The maximum atomic E-state index is 12.5. The van der Waals surface area contributed by atoms with Crippen LogP contribution in [0.2, 0.25) is 0 Å². The zero-order valence-corrected chi connectivity index (χ0v) is 13.7. The molecule has 20 heavy (non-hydrogen) atoms. The Morgan fingerprint density at radius 2 is 2.25 bits per heavy atom. The van der Waals surface area contributed by atoms with Gasteiger partial charge in [-0.3, -0.25) is 4.79 Å². The highest BCUT2D eigenvalue weighted by Gasteiger charge is 2.37. The fourth-order valence-corrected chi connectivity index (χ4v) is 3.00. The van der Waals surface area contributed by atoms with E-state index in [1.807, 2.05) is 18.2 Å². The van der Waals surface area contributed by atoms with Crippen molar-refractivity contribution in [3.05, 3.63) is 22.7 Å². The van der Waals surface area contributed by atoms with E-state index in [1.165, 1.54) is 0 Å². The van der Waals surface area contributed by atoms with Gasteiger partial charge in [0.05, 0.1) is 18.8 Å². The van der Waals surface area contributed by atoms with E-state index in [0.717, 1.165) is 23.9 Å². The maximum Gasteiger partial charge on any atom is 0.242 e. The Labute approximate surface area is 128 Å². The van der Waals surface area contributed by atoms with Crippen molar-refractivity contribution in [3.8, 4) is 5.75 Å². The predicted octanol–water partition coefficient (Wildman–Crippen LogP) is 3.17. The summed E-state index contributed by atoms with van der Waals surface area (Å²) >= 11 is 3.41. The van der Waals surface area contributed by atoms with Gasteiger partial charge < -0.3 is 15.4 Å². The Kier molecular flexibility index (Phi) is 4.70. The molecule has 0 spiro atoms. The lowest BCUT2D eigenvalue weighted by Gasteiger charge is -2.38. The molecule has 0 bridgehead atoms. The summed E-state index contributed by atoms with van der Waals surface area (Å²) in [5.41, 5.74) is 0.650. The largest absolute Gasteiger partial charge is 0.495 e. The van der Waals surface area contributed by atoms with Gasteiger partial charge in [0.25, 0.3) is 0 Å². The van der Waals surface area contributed by atoms with E-state index in [0.29, 0.717) is 11.4 Å². The van der Waals surface area contributed by atoms with Crippen LogP contribution in [0.3, 0.4) is 0 Å². The summed E-state index contributed by atoms with van der Waals surface area (Å²) < 4.78 is 6.19. The highest BCUT2D eigenvalue weighted by molar-refractivity contribution is 9.10. The van der Waals surface area contributed by atoms with Crippen LogP contribution < -0.4 is 15.4 Å². The number of hydrogen-bond donors (Lipinski definition) is 2. The van der Waals surface area contributed by atoms with Crippen molar-refractivity contribution in [2.24, 2.45) is 5.41 Å². The van der Waals surface area contributed by atoms with E-state index < -0.39 is 0 Å². The fraction of sp³-hybridized carbons (Fsp3) is 0.533. The average molecular weight is 341 g/mol. The number of piperidine rings is 1. The molecule has 4 nitrogen and oxygen atoms in total. The molecule has 1 atom stereocenters. The number of ether oxygens (including phenoxy) is 1. The summed E-state index contributed by atoms with van der Waals surface area (Å²) in [6.45, 7) is 5.14. The first-order valence-electron chi connectivity index (χ1n) is 6.82. The molecule has 1 fully saturated rings. The second-order valence-electron chi connectivity index (χ2n) is 5.81. The summed E-state index contributed by atoms with van der Waals surface area (Å²) in [7, 11) is 1.60. The van der Waals surface area contributed by atoms with Crippen LogP contribution >= 0.6 is 15.9 Å². The van der Waals surface area contributed by atoms with Crippen LogP contribution in [0.25, 0.3) is 0 Å². The Bertz CT molecular complexity index is 503. The monoisotopic (exact) mass is 340 g/mol. The molecule has 1 aromatic rings. The van der Waals surface area contributed by atoms with Gasteiger partial charge in [0.1, 0.15) is 5.75 Å². The molecule has 0 aromatic heterocycles. The topological polar surface area (TPSA) is 50.4 Å². The maximum absolute atomic E-state index is 12.5. The van der Waals surface area contributed by atoms with Crippen molar-refractivity contribution in [3.63, 3.8) is 0 Å². The minimum Gasteiger partial charge on any atom is -0.495 e. The number of carbonyl (C=O) groups excluding carboxylic acids is 1. The molecular formula is C15H21BrN2O2. The van der Waals surface area contributed by atoms with Crippen molar-refractivity contribution in [1.82, 2.24) is 5.32 Å². The lowest BCUT2D eigenvalue weighted by Crippen LogP contribution is -2.53. The number of benzene rings is 1. The van der Waals surface area contributed by atoms with Gasteiger partial charge in [-0.1, -0.05) is 29.8 Å². The molecule has 1 unspecified atom stereocenters. The SMILES string of the molecule is COc1ccc(Br)cc1NC(=O)C1NCCCC1(C)C. The number of rotatable bonds is 3. The first-order chi connectivity index (χ1) is 9.44. The number of halogens is 1. The molecule has 1 aromatic carbocycles. The van der Waals surface area contributed by atoms with Crippen LogP contribution in [0.1, 0.15) is 26.7 Å². The quantitative estimate of drug-likeness (QED) is 0.888. The average Bonchev–Trinajstić information content (AvgIpc) is 2.38. The lowest BCUT2D eigenvalue weighted by molar-refractivity contribution is -0.121. The molecule has 5 heteroatoms. The predicted molar refractivity (Wildman–Crippen MR) is 84.1 cm³/mol. The van der Waals surface area contributed by atoms with Crippen molar-refractivity contribution in [1.29, 1.82) is 0 Å². The number of anilines is 1. The molecule has 2 rings (SSSR count). The van der Waals surface area contributed by atoms with E-state index in [9.17, 15) is 4.79 Å². The second kappa shape index (κ2) is 6.14. The second-order valence-corrected chi connectivity index (χ2v) is 6.73. The van der Waals surface area contributed by atoms with Crippen LogP contribution in [0.5, 0.6) is 5.75 Å². The molecule has 110 valence electrons. The number of amides is 1. The lowest BCUT2D eigenvalue weighted by atomic mass is 9.77. The van der Waals surface area contributed by atoms with Gasteiger partial charge in [-0.25, -0.2) is 0 Å². The van der Waals surface area contributed by atoms with Gasteiger partial charge in [-0.2, -0.15) is 0 Å². The summed E-state index contributed by atoms with van der Waals surface area (Å²) in [4.78, 5) is 12.5. The summed E-state index contributed by atoms with van der Waals surface area (Å²) in [5, 5.41) is 6.29. The minimum atomic E-state index is -0.181. The first-order valence-corrected chi connectivity index (χ1v) is 7.61. The first kappa shape index (κ1) is 15.3. The number of hydrogen-bond acceptors (Lipinski definition) is 3. The molecule has 0 radical (unpaired) electrons. The third-order valence-electron chi connectivity index (χ3n) is 3.81. The smallest absolute Gasteiger partial charge is 0.242 e. The Hall–Kier alpha value is -1.07. The van der Waals surface area contributed by atoms with Crippen LogP contribution in [-0.4, -0.2) is 25.6 Å². The van der Waals surface area contributed by atoms with Gasteiger partial charge in [-0.15, -0.1) is 0 Å². The summed E-state index contributed by atoms with van der Waals surface area (Å²) in [5.74, 6) is 0.654. The highest BCUT2D eigenvalue weighted by Crippen LogP contribution is 2.32. The van der Waals surface area contributed by atoms with Crippen molar-refractivity contribution >= 4 is 27.5 Å². The summed E-state index contributed by atoms with van der Waals surface area (Å²) in [6, 6.07) is 5.39. The van der Waals surface area contributed by atoms with Crippen molar-refractivity contribution < 1.29 is 9.53 Å². The standard InChI is InChI=1S/C15H21BrN2O2/c1-15(2)7-4-8-17-13(15)14(19)18-11-9-10(16)5-6-12(11)20-3/h5-6,9,13,17H,4,7-8H2,1-3H3,(H,18,19). The molecule has 1 aliphatic rings. The third-order valence-corrected chi connectivity index (χ3v) is 4.30.